The molecule has 2 heterocycles. The topological polar surface area (TPSA) is 110 Å². The zero-order valence-corrected chi connectivity index (χ0v) is 16.6. The first kappa shape index (κ1) is 23.1. The van der Waals surface area contributed by atoms with Crippen molar-refractivity contribution in [3.8, 4) is 0 Å². The van der Waals surface area contributed by atoms with Crippen molar-refractivity contribution in [2.24, 2.45) is 0 Å². The van der Waals surface area contributed by atoms with E-state index in [-0.39, 0.29) is 22.1 Å². The van der Waals surface area contributed by atoms with Crippen molar-refractivity contribution in [3.63, 3.8) is 0 Å². The Bertz CT molecular complexity index is 1190. The van der Waals surface area contributed by atoms with Gasteiger partial charge in [0.2, 0.25) is 12.2 Å². The molecule has 34 heavy (non-hydrogen) atoms. The highest BCUT2D eigenvalue weighted by atomic mass is 19.4. The molecule has 4 rings (SSSR count). The lowest BCUT2D eigenvalue weighted by molar-refractivity contribution is -0.223. The molecule has 2 aromatic heterocycles. The van der Waals surface area contributed by atoms with E-state index in [1.807, 2.05) is 0 Å². The SMILES string of the molecule is O=C(O[C@H](c1nc2ccccc2[nH]1)[C@@H](OC(=O)C(F)(F)F)c1nc2ccccc2[nH]1)C(F)(F)F. The van der Waals surface area contributed by atoms with Gasteiger partial charge in [0.15, 0.2) is 11.6 Å². The molecule has 0 saturated carbocycles. The van der Waals surface area contributed by atoms with Gasteiger partial charge in [-0.25, -0.2) is 19.6 Å². The number of carbonyl (C=O) groups is 2. The van der Waals surface area contributed by atoms with Crippen molar-refractivity contribution in [2.45, 2.75) is 24.6 Å². The van der Waals surface area contributed by atoms with Crippen LogP contribution in [-0.2, 0) is 19.1 Å². The minimum absolute atomic E-state index is 0.205. The van der Waals surface area contributed by atoms with Crippen molar-refractivity contribution in [1.29, 1.82) is 0 Å². The third kappa shape index (κ3) is 4.65. The summed E-state index contributed by atoms with van der Waals surface area (Å²) in [7, 11) is 0. The molecule has 0 bridgehead atoms. The number of fused-ring (bicyclic) bond motifs is 2. The Morgan fingerprint density at radius 3 is 1.35 bits per heavy atom. The Hall–Kier alpha value is -4.10. The van der Waals surface area contributed by atoms with Gasteiger partial charge in [0, 0.05) is 0 Å². The molecule has 2 N–H and O–H groups in total. The summed E-state index contributed by atoms with van der Waals surface area (Å²) in [6.45, 7) is 0. The average Bonchev–Trinajstić information content (AvgIpc) is 3.38. The first-order chi connectivity index (χ1) is 15.9. The third-order valence-corrected chi connectivity index (χ3v) is 4.56. The van der Waals surface area contributed by atoms with Crippen molar-refractivity contribution >= 4 is 34.0 Å². The number of aromatic nitrogens is 4. The van der Waals surface area contributed by atoms with E-state index in [2.05, 4.69) is 29.4 Å². The van der Waals surface area contributed by atoms with Crippen LogP contribution in [0.3, 0.4) is 0 Å². The molecule has 2 aromatic carbocycles. The van der Waals surface area contributed by atoms with Crippen molar-refractivity contribution in [3.05, 3.63) is 60.2 Å². The van der Waals surface area contributed by atoms with Gasteiger partial charge in [-0.1, -0.05) is 24.3 Å². The number of nitrogens with zero attached hydrogens (tertiary/aromatic N) is 2. The number of aromatic amines is 2. The average molecular weight is 486 g/mol. The molecule has 0 amide bonds. The number of benzene rings is 2. The van der Waals surface area contributed by atoms with Crippen LogP contribution < -0.4 is 0 Å². The van der Waals surface area contributed by atoms with E-state index in [1.165, 1.54) is 24.3 Å². The Kier molecular flexibility index (Phi) is 5.67. The van der Waals surface area contributed by atoms with Crippen LogP contribution in [0, 0.1) is 0 Å². The summed E-state index contributed by atoms with van der Waals surface area (Å²) in [5.74, 6) is -6.47. The molecule has 4 aromatic rings. The molecule has 178 valence electrons. The number of ether oxygens (including phenoxy) is 2. The van der Waals surface area contributed by atoms with E-state index < -0.39 is 48.1 Å². The fourth-order valence-corrected chi connectivity index (χ4v) is 3.10. The largest absolute Gasteiger partial charge is 0.490 e. The van der Waals surface area contributed by atoms with Gasteiger partial charge < -0.3 is 19.4 Å². The lowest BCUT2D eigenvalue weighted by Gasteiger charge is -2.25. The monoisotopic (exact) mass is 486 g/mol. The van der Waals surface area contributed by atoms with Gasteiger partial charge >= 0.3 is 24.3 Å². The predicted molar refractivity (Wildman–Crippen MR) is 102 cm³/mol. The second-order valence-corrected chi connectivity index (χ2v) is 6.93. The van der Waals surface area contributed by atoms with Gasteiger partial charge in [-0.05, 0) is 24.3 Å². The maximum absolute atomic E-state index is 13.0. The second-order valence-electron chi connectivity index (χ2n) is 6.93. The zero-order valence-electron chi connectivity index (χ0n) is 16.6. The van der Waals surface area contributed by atoms with Crippen LogP contribution in [0.15, 0.2) is 48.5 Å². The summed E-state index contributed by atoms with van der Waals surface area (Å²) in [4.78, 5) is 36.5. The summed E-state index contributed by atoms with van der Waals surface area (Å²) < 4.78 is 87.0. The lowest BCUT2D eigenvalue weighted by Crippen LogP contribution is -2.34. The van der Waals surface area contributed by atoms with Gasteiger partial charge in [0.25, 0.3) is 0 Å². The van der Waals surface area contributed by atoms with Gasteiger partial charge in [0.05, 0.1) is 22.1 Å². The lowest BCUT2D eigenvalue weighted by atomic mass is 10.1. The van der Waals surface area contributed by atoms with E-state index in [0.717, 1.165) is 0 Å². The Labute approximate surface area is 184 Å². The summed E-state index contributed by atoms with van der Waals surface area (Å²) in [6, 6.07) is 12.1. The van der Waals surface area contributed by atoms with Gasteiger partial charge in [0.1, 0.15) is 0 Å². The molecule has 8 nitrogen and oxygen atoms in total. The highest BCUT2D eigenvalue weighted by molar-refractivity contribution is 5.79. The number of para-hydroxylation sites is 4. The van der Waals surface area contributed by atoms with Gasteiger partial charge in [-0.2, -0.15) is 26.3 Å². The van der Waals surface area contributed by atoms with Crippen LogP contribution in [-0.4, -0.2) is 44.2 Å². The first-order valence-corrected chi connectivity index (χ1v) is 9.38. The maximum Gasteiger partial charge on any atom is 0.490 e. The highest BCUT2D eigenvalue weighted by Gasteiger charge is 2.49. The van der Waals surface area contributed by atoms with Gasteiger partial charge in [-0.3, -0.25) is 0 Å². The minimum atomic E-state index is -5.50. The quantitative estimate of drug-likeness (QED) is 0.319. The van der Waals surface area contributed by atoms with E-state index in [1.54, 1.807) is 24.3 Å². The van der Waals surface area contributed by atoms with Crippen molar-refractivity contribution in [1.82, 2.24) is 19.9 Å². The molecule has 0 aliphatic rings. The molecule has 14 heteroatoms. The van der Waals surface area contributed by atoms with Crippen LogP contribution in [0.4, 0.5) is 26.3 Å². The number of alkyl halides is 6. The van der Waals surface area contributed by atoms with Crippen molar-refractivity contribution < 1.29 is 45.4 Å². The Balaban J connectivity index is 1.86. The molecule has 2 atom stereocenters. The highest BCUT2D eigenvalue weighted by Crippen LogP contribution is 2.37. The van der Waals surface area contributed by atoms with E-state index >= 15 is 0 Å². The summed E-state index contributed by atoms with van der Waals surface area (Å²) in [5.41, 5.74) is 0.958. The number of hydrogen-bond donors (Lipinski definition) is 2. The maximum atomic E-state index is 13.0. The van der Waals surface area contributed by atoms with E-state index in [9.17, 15) is 35.9 Å². The van der Waals surface area contributed by atoms with E-state index in [0.29, 0.717) is 0 Å². The van der Waals surface area contributed by atoms with Gasteiger partial charge in [-0.15, -0.1) is 0 Å². The number of halogens is 6. The second kappa shape index (κ2) is 8.35. The smallest absolute Gasteiger partial charge is 0.443 e. The predicted octanol–water partition coefficient (Wildman–Crippen LogP) is 4.43. The summed E-state index contributed by atoms with van der Waals surface area (Å²) in [6.07, 6.45) is -15.5. The third-order valence-electron chi connectivity index (χ3n) is 4.56. The molecule has 0 spiro atoms. The number of esters is 2. The molecule has 0 fully saturated rings. The summed E-state index contributed by atoms with van der Waals surface area (Å²) >= 11 is 0. The number of H-pyrrole nitrogens is 2. The number of imidazole rings is 2. The molecule has 0 radical (unpaired) electrons. The number of hydrogen-bond acceptors (Lipinski definition) is 6. The Morgan fingerprint density at radius 1 is 0.676 bits per heavy atom. The van der Waals surface area contributed by atoms with Crippen LogP contribution >= 0.6 is 0 Å². The Morgan fingerprint density at radius 2 is 1.03 bits per heavy atom. The van der Waals surface area contributed by atoms with Crippen molar-refractivity contribution in [2.75, 3.05) is 0 Å². The number of carbonyl (C=O) groups excluding carboxylic acids is 2. The molecule has 0 unspecified atom stereocenters. The van der Waals surface area contributed by atoms with E-state index in [4.69, 9.17) is 0 Å². The minimum Gasteiger partial charge on any atom is -0.443 e. The fourth-order valence-electron chi connectivity index (χ4n) is 3.10. The molecule has 0 aliphatic heterocycles. The fraction of sp³-hybridized carbons (Fsp3) is 0.200. The number of rotatable bonds is 5. The molecule has 0 saturated heterocycles. The summed E-state index contributed by atoms with van der Waals surface area (Å²) in [5, 5.41) is 0. The standard InChI is InChI=1S/C20H12F6N4O4/c21-19(22,23)17(31)33-13(15-27-9-5-1-2-6-10(9)28-15)14(34-18(32)20(24,25)26)16-29-11-7-3-4-8-12(11)30-16/h1-8,13-14H,(H,27,28)(H,29,30)/t13-,14+. The van der Waals surface area contributed by atoms with Crippen LogP contribution in [0.5, 0.6) is 0 Å². The normalized spacial score (nSPS) is 14.2. The molecule has 0 aliphatic carbocycles. The molecular weight excluding hydrogens is 474 g/mol. The van der Waals surface area contributed by atoms with Crippen LogP contribution in [0.1, 0.15) is 23.9 Å². The van der Waals surface area contributed by atoms with Crippen LogP contribution in [0.2, 0.25) is 0 Å². The zero-order chi connectivity index (χ0) is 24.7. The number of nitrogens with one attached hydrogen (secondary N) is 2. The molecular formula is C20H12F6N4O4. The first-order valence-electron chi connectivity index (χ1n) is 9.38. The van der Waals surface area contributed by atoms with Crippen LogP contribution in [0.25, 0.3) is 22.1 Å².